The summed E-state index contributed by atoms with van der Waals surface area (Å²) in [5.41, 5.74) is 0.695. The van der Waals surface area contributed by atoms with Gasteiger partial charge in [0.1, 0.15) is 11.8 Å². The lowest BCUT2D eigenvalue weighted by molar-refractivity contribution is -0.135. The van der Waals surface area contributed by atoms with Crippen LogP contribution >= 0.6 is 11.6 Å². The number of halogens is 1. The molecule has 1 saturated heterocycles. The molecule has 1 fully saturated rings. The van der Waals surface area contributed by atoms with E-state index in [1.165, 1.54) is 0 Å². The Balaban J connectivity index is 2.03. The first kappa shape index (κ1) is 14.9. The maximum Gasteiger partial charge on any atom is 0.244 e. The lowest BCUT2D eigenvalue weighted by atomic mass is 10.2. The first-order chi connectivity index (χ1) is 9.61. The largest absolute Gasteiger partial charge is 0.497 e. The lowest BCUT2D eigenvalue weighted by Crippen LogP contribution is -2.47. The van der Waals surface area contributed by atoms with Gasteiger partial charge < -0.3 is 19.7 Å². The zero-order valence-corrected chi connectivity index (χ0v) is 12.4. The Labute approximate surface area is 123 Å². The number of benzene rings is 1. The normalized spacial score (nSPS) is 16.6. The van der Waals surface area contributed by atoms with Crippen molar-refractivity contribution in [2.45, 2.75) is 13.0 Å². The van der Waals surface area contributed by atoms with Gasteiger partial charge in [-0.2, -0.15) is 0 Å². The SMILES string of the molecule is COc1ccc(Cl)c(NC(C)C(=O)N2CCOCC2)c1. The van der Waals surface area contributed by atoms with Crippen molar-refractivity contribution >= 4 is 23.2 Å². The summed E-state index contributed by atoms with van der Waals surface area (Å²) in [6.07, 6.45) is 0. The summed E-state index contributed by atoms with van der Waals surface area (Å²) >= 11 is 6.12. The van der Waals surface area contributed by atoms with Gasteiger partial charge in [-0.1, -0.05) is 11.6 Å². The summed E-state index contributed by atoms with van der Waals surface area (Å²) < 4.78 is 10.4. The Bertz CT molecular complexity index is 475. The van der Waals surface area contributed by atoms with Gasteiger partial charge in [0.15, 0.2) is 0 Å². The van der Waals surface area contributed by atoms with Gasteiger partial charge in [-0.25, -0.2) is 0 Å². The molecule has 1 unspecified atom stereocenters. The first-order valence-electron chi connectivity index (χ1n) is 6.58. The van der Waals surface area contributed by atoms with Crippen molar-refractivity contribution in [3.8, 4) is 5.75 Å². The van der Waals surface area contributed by atoms with Crippen molar-refractivity contribution in [3.05, 3.63) is 23.2 Å². The zero-order valence-electron chi connectivity index (χ0n) is 11.7. The number of hydrogen-bond donors (Lipinski definition) is 1. The number of carbonyl (C=O) groups excluding carboxylic acids is 1. The van der Waals surface area contributed by atoms with Crippen LogP contribution in [0.5, 0.6) is 5.75 Å². The number of anilines is 1. The van der Waals surface area contributed by atoms with Gasteiger partial charge in [0, 0.05) is 19.2 Å². The van der Waals surface area contributed by atoms with Crippen LogP contribution in [0, 0.1) is 0 Å². The second kappa shape index (κ2) is 6.81. The van der Waals surface area contributed by atoms with E-state index < -0.39 is 0 Å². The van der Waals surface area contributed by atoms with E-state index in [4.69, 9.17) is 21.1 Å². The molecule has 1 amide bonds. The summed E-state index contributed by atoms with van der Waals surface area (Å²) in [5, 5.41) is 3.70. The molecule has 20 heavy (non-hydrogen) atoms. The van der Waals surface area contributed by atoms with E-state index in [0.29, 0.717) is 42.8 Å². The fourth-order valence-electron chi connectivity index (χ4n) is 2.09. The van der Waals surface area contributed by atoms with Gasteiger partial charge >= 0.3 is 0 Å². The average molecular weight is 299 g/mol. The van der Waals surface area contributed by atoms with E-state index >= 15 is 0 Å². The van der Waals surface area contributed by atoms with E-state index in [0.717, 1.165) is 0 Å². The highest BCUT2D eigenvalue weighted by atomic mass is 35.5. The molecule has 0 aromatic heterocycles. The molecular formula is C14H19ClN2O3. The van der Waals surface area contributed by atoms with Gasteiger partial charge in [0.2, 0.25) is 5.91 Å². The highest BCUT2D eigenvalue weighted by Gasteiger charge is 2.22. The Morgan fingerprint density at radius 1 is 1.45 bits per heavy atom. The summed E-state index contributed by atoms with van der Waals surface area (Å²) in [4.78, 5) is 14.1. The molecule has 0 bridgehead atoms. The second-order valence-corrected chi connectivity index (χ2v) is 5.06. The maximum atomic E-state index is 12.3. The van der Waals surface area contributed by atoms with Gasteiger partial charge in [0.25, 0.3) is 0 Å². The van der Waals surface area contributed by atoms with Gasteiger partial charge in [-0.15, -0.1) is 0 Å². The van der Waals surface area contributed by atoms with Crippen LogP contribution in [0.3, 0.4) is 0 Å². The third kappa shape index (κ3) is 3.55. The van der Waals surface area contributed by atoms with Crippen LogP contribution in [0.4, 0.5) is 5.69 Å². The molecular weight excluding hydrogens is 280 g/mol. The Morgan fingerprint density at radius 2 is 2.15 bits per heavy atom. The first-order valence-corrected chi connectivity index (χ1v) is 6.96. The van der Waals surface area contributed by atoms with Crippen LogP contribution in [-0.4, -0.2) is 50.3 Å². The molecule has 1 aliphatic rings. The van der Waals surface area contributed by atoms with E-state index in [-0.39, 0.29) is 11.9 Å². The topological polar surface area (TPSA) is 50.8 Å². The number of amides is 1. The van der Waals surface area contributed by atoms with Crippen LogP contribution in [0.15, 0.2) is 18.2 Å². The molecule has 1 heterocycles. The molecule has 110 valence electrons. The van der Waals surface area contributed by atoms with Crippen molar-refractivity contribution in [2.75, 3.05) is 38.7 Å². The number of hydrogen-bond acceptors (Lipinski definition) is 4. The van der Waals surface area contributed by atoms with Crippen molar-refractivity contribution in [2.24, 2.45) is 0 Å². The van der Waals surface area contributed by atoms with Crippen LogP contribution in [0.1, 0.15) is 6.92 Å². The van der Waals surface area contributed by atoms with Crippen molar-refractivity contribution in [1.82, 2.24) is 4.90 Å². The molecule has 0 spiro atoms. The molecule has 6 heteroatoms. The lowest BCUT2D eigenvalue weighted by Gasteiger charge is -2.30. The average Bonchev–Trinajstić information content (AvgIpc) is 2.49. The number of morpholine rings is 1. The fraction of sp³-hybridized carbons (Fsp3) is 0.500. The molecule has 1 aromatic rings. The Hall–Kier alpha value is -1.46. The molecule has 5 nitrogen and oxygen atoms in total. The standard InChI is InChI=1S/C14H19ClN2O3/c1-10(14(18)17-5-7-20-8-6-17)16-13-9-11(19-2)3-4-12(13)15/h3-4,9-10,16H,5-8H2,1-2H3. The van der Waals surface area contributed by atoms with Crippen LogP contribution in [0.25, 0.3) is 0 Å². The summed E-state index contributed by atoms with van der Waals surface area (Å²) in [5.74, 6) is 0.745. The van der Waals surface area contributed by atoms with Crippen molar-refractivity contribution < 1.29 is 14.3 Å². The van der Waals surface area contributed by atoms with E-state index in [2.05, 4.69) is 5.32 Å². The minimum absolute atomic E-state index is 0.0483. The minimum Gasteiger partial charge on any atom is -0.497 e. The fourth-order valence-corrected chi connectivity index (χ4v) is 2.27. The monoisotopic (exact) mass is 298 g/mol. The third-order valence-electron chi connectivity index (χ3n) is 3.24. The predicted molar refractivity (Wildman–Crippen MR) is 78.5 cm³/mol. The molecule has 0 saturated carbocycles. The minimum atomic E-state index is -0.349. The maximum absolute atomic E-state index is 12.3. The number of nitrogens with zero attached hydrogens (tertiary/aromatic N) is 1. The highest BCUT2D eigenvalue weighted by molar-refractivity contribution is 6.33. The van der Waals surface area contributed by atoms with Gasteiger partial charge in [0.05, 0.1) is 31.0 Å². The van der Waals surface area contributed by atoms with Crippen molar-refractivity contribution in [1.29, 1.82) is 0 Å². The summed E-state index contributed by atoms with van der Waals surface area (Å²) in [6.45, 7) is 4.29. The van der Waals surface area contributed by atoms with E-state index in [1.807, 2.05) is 6.92 Å². The molecule has 0 radical (unpaired) electrons. The third-order valence-corrected chi connectivity index (χ3v) is 3.57. The van der Waals surface area contributed by atoms with Gasteiger partial charge in [-0.3, -0.25) is 4.79 Å². The number of methoxy groups -OCH3 is 1. The van der Waals surface area contributed by atoms with Gasteiger partial charge in [-0.05, 0) is 19.1 Å². The molecule has 1 aliphatic heterocycles. The molecule has 0 aliphatic carbocycles. The van der Waals surface area contributed by atoms with Crippen molar-refractivity contribution in [3.63, 3.8) is 0 Å². The van der Waals surface area contributed by atoms with Crippen LogP contribution in [-0.2, 0) is 9.53 Å². The van der Waals surface area contributed by atoms with Crippen LogP contribution < -0.4 is 10.1 Å². The Kier molecular flexibility index (Phi) is 5.09. The van der Waals surface area contributed by atoms with E-state index in [9.17, 15) is 4.79 Å². The molecule has 1 N–H and O–H groups in total. The smallest absolute Gasteiger partial charge is 0.244 e. The van der Waals surface area contributed by atoms with E-state index in [1.54, 1.807) is 30.2 Å². The molecule has 2 rings (SSSR count). The second-order valence-electron chi connectivity index (χ2n) is 4.65. The highest BCUT2D eigenvalue weighted by Crippen LogP contribution is 2.27. The summed E-state index contributed by atoms with van der Waals surface area (Å²) in [7, 11) is 1.59. The summed E-state index contributed by atoms with van der Waals surface area (Å²) in [6, 6.07) is 4.96. The molecule has 1 atom stereocenters. The number of ether oxygens (including phenoxy) is 2. The number of carbonyl (C=O) groups is 1. The predicted octanol–water partition coefficient (Wildman–Crippen LogP) is 2.01. The number of rotatable bonds is 4. The quantitative estimate of drug-likeness (QED) is 0.924. The zero-order chi connectivity index (χ0) is 14.5. The Morgan fingerprint density at radius 3 is 2.80 bits per heavy atom. The molecule has 1 aromatic carbocycles. The van der Waals surface area contributed by atoms with Crippen LogP contribution in [0.2, 0.25) is 5.02 Å². The number of nitrogens with one attached hydrogen (secondary N) is 1.